The lowest BCUT2D eigenvalue weighted by atomic mass is 10.2. The number of hydrogen-bond acceptors (Lipinski definition) is 3. The molecule has 0 aliphatic heterocycles. The minimum atomic E-state index is -0.120. The zero-order chi connectivity index (χ0) is 10.7. The van der Waals surface area contributed by atoms with E-state index in [1.807, 2.05) is 6.07 Å². The van der Waals surface area contributed by atoms with Gasteiger partial charge in [0.1, 0.15) is 17.5 Å². The normalized spacial score (nSPS) is 9.93. The van der Waals surface area contributed by atoms with Gasteiger partial charge >= 0.3 is 0 Å². The van der Waals surface area contributed by atoms with Gasteiger partial charge in [-0.1, -0.05) is 13.8 Å². The maximum Gasteiger partial charge on any atom is 0.228 e. The predicted molar refractivity (Wildman–Crippen MR) is 51.4 cm³/mol. The van der Waals surface area contributed by atoms with Gasteiger partial charge in [-0.05, 0) is 0 Å². The van der Waals surface area contributed by atoms with E-state index >= 15 is 0 Å². The molecule has 0 aliphatic rings. The number of carbonyl (C=O) groups is 1. The Balaban J connectivity index is 2.91. The van der Waals surface area contributed by atoms with E-state index in [9.17, 15) is 4.79 Å². The van der Waals surface area contributed by atoms with Crippen molar-refractivity contribution >= 4 is 11.7 Å². The number of nitriles is 1. The molecule has 0 radical (unpaired) electrons. The number of nitrogens with one attached hydrogen (secondary N) is 1. The zero-order valence-corrected chi connectivity index (χ0v) is 8.40. The SMILES string of the molecule is CC(C)C(=O)Nc1c(C#N)cnn1C. The fourth-order valence-electron chi connectivity index (χ4n) is 0.929. The molecule has 0 aromatic carbocycles. The van der Waals surface area contributed by atoms with Crippen molar-refractivity contribution in [2.24, 2.45) is 13.0 Å². The van der Waals surface area contributed by atoms with Crippen LogP contribution in [0.3, 0.4) is 0 Å². The Morgan fingerprint density at radius 2 is 2.36 bits per heavy atom. The van der Waals surface area contributed by atoms with E-state index in [1.165, 1.54) is 10.9 Å². The van der Waals surface area contributed by atoms with Gasteiger partial charge in [-0.3, -0.25) is 9.48 Å². The Kier molecular flexibility index (Phi) is 2.87. The third-order valence-corrected chi connectivity index (χ3v) is 1.83. The molecular formula is C9H12N4O. The van der Waals surface area contributed by atoms with Crippen LogP contribution >= 0.6 is 0 Å². The number of carbonyl (C=O) groups excluding carboxylic acids is 1. The highest BCUT2D eigenvalue weighted by Gasteiger charge is 2.13. The lowest BCUT2D eigenvalue weighted by Crippen LogP contribution is -2.20. The van der Waals surface area contributed by atoms with Gasteiger partial charge in [0, 0.05) is 13.0 Å². The summed E-state index contributed by atoms with van der Waals surface area (Å²) in [4.78, 5) is 11.4. The molecule has 0 aliphatic carbocycles. The van der Waals surface area contributed by atoms with Crippen LogP contribution < -0.4 is 5.32 Å². The minimum absolute atomic E-state index is 0.114. The highest BCUT2D eigenvalue weighted by molar-refractivity contribution is 5.92. The molecular weight excluding hydrogens is 180 g/mol. The smallest absolute Gasteiger partial charge is 0.228 e. The van der Waals surface area contributed by atoms with E-state index in [2.05, 4.69) is 10.4 Å². The highest BCUT2D eigenvalue weighted by Crippen LogP contribution is 2.13. The van der Waals surface area contributed by atoms with E-state index in [0.717, 1.165) is 0 Å². The summed E-state index contributed by atoms with van der Waals surface area (Å²) in [7, 11) is 1.68. The standard InChI is InChI=1S/C9H12N4O/c1-6(2)9(14)12-8-7(4-10)5-11-13(8)3/h5-6H,1-3H3,(H,12,14). The van der Waals surface area contributed by atoms with Crippen molar-refractivity contribution in [3.8, 4) is 6.07 Å². The lowest BCUT2D eigenvalue weighted by Gasteiger charge is -2.07. The van der Waals surface area contributed by atoms with E-state index in [0.29, 0.717) is 11.4 Å². The summed E-state index contributed by atoms with van der Waals surface area (Å²) in [5.74, 6) is 0.216. The summed E-state index contributed by atoms with van der Waals surface area (Å²) in [5, 5.41) is 15.3. The number of hydrogen-bond donors (Lipinski definition) is 1. The number of amides is 1. The first-order valence-electron chi connectivity index (χ1n) is 4.29. The quantitative estimate of drug-likeness (QED) is 0.756. The number of anilines is 1. The molecule has 1 heterocycles. The van der Waals surface area contributed by atoms with Crippen molar-refractivity contribution in [3.05, 3.63) is 11.8 Å². The maximum atomic E-state index is 11.4. The van der Waals surface area contributed by atoms with Gasteiger partial charge in [0.25, 0.3) is 0 Å². The molecule has 74 valence electrons. The van der Waals surface area contributed by atoms with Gasteiger partial charge < -0.3 is 5.32 Å². The molecule has 0 fully saturated rings. The number of aromatic nitrogens is 2. The van der Waals surface area contributed by atoms with Gasteiger partial charge in [0.15, 0.2) is 0 Å². The van der Waals surface area contributed by atoms with Gasteiger partial charge in [-0.15, -0.1) is 0 Å². The second-order valence-corrected chi connectivity index (χ2v) is 3.29. The molecule has 1 rings (SSSR count). The number of rotatable bonds is 2. The highest BCUT2D eigenvalue weighted by atomic mass is 16.1. The summed E-state index contributed by atoms with van der Waals surface area (Å²) in [6.45, 7) is 3.58. The van der Waals surface area contributed by atoms with Crippen LogP contribution in [0, 0.1) is 17.2 Å². The first-order valence-corrected chi connectivity index (χ1v) is 4.29. The predicted octanol–water partition coefficient (Wildman–Crippen LogP) is 0.886. The summed E-state index contributed by atoms with van der Waals surface area (Å²) in [5.41, 5.74) is 0.376. The number of nitrogens with zero attached hydrogens (tertiary/aromatic N) is 3. The Bertz CT molecular complexity index is 386. The van der Waals surface area contributed by atoms with Crippen molar-refractivity contribution in [2.75, 3.05) is 5.32 Å². The largest absolute Gasteiger partial charge is 0.310 e. The molecule has 0 saturated carbocycles. The van der Waals surface area contributed by atoms with Crippen LogP contribution in [-0.2, 0) is 11.8 Å². The fourth-order valence-corrected chi connectivity index (χ4v) is 0.929. The van der Waals surface area contributed by atoms with E-state index in [4.69, 9.17) is 5.26 Å². The van der Waals surface area contributed by atoms with E-state index < -0.39 is 0 Å². The van der Waals surface area contributed by atoms with Crippen molar-refractivity contribution in [1.29, 1.82) is 5.26 Å². The first-order chi connectivity index (χ1) is 6.56. The van der Waals surface area contributed by atoms with Crippen LogP contribution in [0.15, 0.2) is 6.20 Å². The lowest BCUT2D eigenvalue weighted by molar-refractivity contribution is -0.118. The van der Waals surface area contributed by atoms with Crippen LogP contribution in [0.4, 0.5) is 5.82 Å². The van der Waals surface area contributed by atoms with Crippen molar-refractivity contribution in [2.45, 2.75) is 13.8 Å². The average Bonchev–Trinajstić information content (AvgIpc) is 2.47. The van der Waals surface area contributed by atoms with E-state index in [1.54, 1.807) is 20.9 Å². The summed E-state index contributed by atoms with van der Waals surface area (Å²) in [6, 6.07) is 1.96. The molecule has 1 aromatic rings. The Morgan fingerprint density at radius 3 is 2.86 bits per heavy atom. The topological polar surface area (TPSA) is 70.7 Å². The van der Waals surface area contributed by atoms with Gasteiger partial charge in [-0.2, -0.15) is 10.4 Å². The molecule has 0 saturated heterocycles. The van der Waals surface area contributed by atoms with Crippen LogP contribution in [-0.4, -0.2) is 15.7 Å². The van der Waals surface area contributed by atoms with Crippen molar-refractivity contribution in [1.82, 2.24) is 9.78 Å². The average molecular weight is 192 g/mol. The second-order valence-electron chi connectivity index (χ2n) is 3.29. The van der Waals surface area contributed by atoms with Crippen LogP contribution in [0.5, 0.6) is 0 Å². The fraction of sp³-hybridized carbons (Fsp3) is 0.444. The Hall–Kier alpha value is -1.83. The van der Waals surface area contributed by atoms with Gasteiger partial charge in [0.2, 0.25) is 5.91 Å². The molecule has 1 aromatic heterocycles. The maximum absolute atomic E-state index is 11.4. The molecule has 0 atom stereocenters. The molecule has 0 spiro atoms. The summed E-state index contributed by atoms with van der Waals surface area (Å²) >= 11 is 0. The van der Waals surface area contributed by atoms with Gasteiger partial charge in [-0.25, -0.2) is 0 Å². The molecule has 1 amide bonds. The summed E-state index contributed by atoms with van der Waals surface area (Å²) in [6.07, 6.45) is 1.43. The zero-order valence-electron chi connectivity index (χ0n) is 8.40. The summed E-state index contributed by atoms with van der Waals surface area (Å²) < 4.78 is 1.47. The Morgan fingerprint density at radius 1 is 1.71 bits per heavy atom. The molecule has 5 heteroatoms. The minimum Gasteiger partial charge on any atom is -0.310 e. The first kappa shape index (κ1) is 10.3. The molecule has 14 heavy (non-hydrogen) atoms. The molecule has 1 N–H and O–H groups in total. The monoisotopic (exact) mass is 192 g/mol. The van der Waals surface area contributed by atoms with Crippen LogP contribution in [0.1, 0.15) is 19.4 Å². The van der Waals surface area contributed by atoms with Crippen LogP contribution in [0.2, 0.25) is 0 Å². The molecule has 0 bridgehead atoms. The van der Waals surface area contributed by atoms with Crippen molar-refractivity contribution < 1.29 is 4.79 Å². The van der Waals surface area contributed by atoms with Crippen LogP contribution in [0.25, 0.3) is 0 Å². The molecule has 5 nitrogen and oxygen atoms in total. The third kappa shape index (κ3) is 1.91. The van der Waals surface area contributed by atoms with Crippen molar-refractivity contribution in [3.63, 3.8) is 0 Å². The van der Waals surface area contributed by atoms with E-state index in [-0.39, 0.29) is 11.8 Å². The third-order valence-electron chi connectivity index (χ3n) is 1.83. The second kappa shape index (κ2) is 3.92. The van der Waals surface area contributed by atoms with Gasteiger partial charge in [0.05, 0.1) is 6.20 Å². The molecule has 0 unspecified atom stereocenters. The number of aryl methyl sites for hydroxylation is 1. The Labute approximate surface area is 82.3 Å².